The molecule has 1 aromatic rings. The minimum Gasteiger partial charge on any atom is -0.311 e. The van der Waals surface area contributed by atoms with E-state index < -0.39 is 26.7 Å². The second-order valence-electron chi connectivity index (χ2n) is 4.50. The van der Waals surface area contributed by atoms with Gasteiger partial charge in [0.25, 0.3) is 0 Å². The van der Waals surface area contributed by atoms with Crippen molar-refractivity contribution in [1.29, 1.82) is 0 Å². The van der Waals surface area contributed by atoms with Crippen LogP contribution in [0.25, 0.3) is 0 Å². The molecule has 0 bridgehead atoms. The van der Waals surface area contributed by atoms with Gasteiger partial charge in [-0.2, -0.15) is 0 Å². The van der Waals surface area contributed by atoms with Gasteiger partial charge in [0.15, 0.2) is 9.84 Å². The molecule has 1 unspecified atom stereocenters. The van der Waals surface area contributed by atoms with Crippen LogP contribution in [0.4, 0.5) is 8.78 Å². The molecular formula is C12H15F2NO2S. The van der Waals surface area contributed by atoms with Crippen molar-refractivity contribution in [3.63, 3.8) is 0 Å². The lowest BCUT2D eigenvalue weighted by Crippen LogP contribution is -2.30. The van der Waals surface area contributed by atoms with Crippen LogP contribution in [0.1, 0.15) is 18.4 Å². The summed E-state index contributed by atoms with van der Waals surface area (Å²) in [5, 5.41) is 2.49. The monoisotopic (exact) mass is 275 g/mol. The summed E-state index contributed by atoms with van der Waals surface area (Å²) in [4.78, 5) is 0. The van der Waals surface area contributed by atoms with E-state index in [0.29, 0.717) is 12.8 Å². The van der Waals surface area contributed by atoms with Gasteiger partial charge in [-0.3, -0.25) is 0 Å². The van der Waals surface area contributed by atoms with Gasteiger partial charge in [0.2, 0.25) is 0 Å². The highest BCUT2D eigenvalue weighted by molar-refractivity contribution is 7.92. The predicted molar refractivity (Wildman–Crippen MR) is 64.9 cm³/mol. The van der Waals surface area contributed by atoms with E-state index in [0.717, 1.165) is 18.2 Å². The molecule has 6 heteroatoms. The van der Waals surface area contributed by atoms with E-state index in [2.05, 4.69) is 5.32 Å². The minimum atomic E-state index is -2.99. The Morgan fingerprint density at radius 2 is 2.11 bits per heavy atom. The quantitative estimate of drug-likeness (QED) is 0.908. The third-order valence-electron chi connectivity index (χ3n) is 3.16. The van der Waals surface area contributed by atoms with E-state index in [9.17, 15) is 17.2 Å². The highest BCUT2D eigenvalue weighted by atomic mass is 32.2. The Labute approximate surface area is 105 Å². The van der Waals surface area contributed by atoms with Crippen molar-refractivity contribution in [2.45, 2.75) is 24.6 Å². The van der Waals surface area contributed by atoms with Gasteiger partial charge in [-0.25, -0.2) is 17.2 Å². The van der Waals surface area contributed by atoms with Crippen molar-refractivity contribution in [2.24, 2.45) is 0 Å². The van der Waals surface area contributed by atoms with E-state index in [1.54, 1.807) is 0 Å². The normalized spacial score (nSPS) is 22.2. The van der Waals surface area contributed by atoms with Gasteiger partial charge in [-0.1, -0.05) is 0 Å². The van der Waals surface area contributed by atoms with Crippen molar-refractivity contribution in [3.05, 3.63) is 35.4 Å². The van der Waals surface area contributed by atoms with Crippen LogP contribution in [-0.2, 0) is 16.4 Å². The molecule has 100 valence electrons. The van der Waals surface area contributed by atoms with E-state index in [1.165, 1.54) is 0 Å². The maximum atomic E-state index is 13.3. The summed E-state index contributed by atoms with van der Waals surface area (Å²) in [6.07, 6.45) is 1.32. The van der Waals surface area contributed by atoms with Gasteiger partial charge in [0.05, 0.1) is 11.0 Å². The smallest absolute Gasteiger partial charge is 0.154 e. The molecule has 1 fully saturated rings. The predicted octanol–water partition coefficient (Wildman–Crippen LogP) is 1.63. The van der Waals surface area contributed by atoms with Gasteiger partial charge >= 0.3 is 0 Å². The molecule has 1 aromatic carbocycles. The first-order chi connectivity index (χ1) is 8.49. The van der Waals surface area contributed by atoms with Crippen molar-refractivity contribution < 1.29 is 17.2 Å². The SMILES string of the molecule is O=S1(=O)CCCC1CNCc1cc(F)ccc1F. The maximum absolute atomic E-state index is 13.3. The molecule has 0 aromatic heterocycles. The Hall–Kier alpha value is -1.01. The first kappa shape index (κ1) is 13.4. The van der Waals surface area contributed by atoms with Crippen LogP contribution in [-0.4, -0.2) is 26.0 Å². The van der Waals surface area contributed by atoms with E-state index in [1.807, 2.05) is 0 Å². The van der Waals surface area contributed by atoms with Crippen LogP contribution < -0.4 is 5.32 Å². The van der Waals surface area contributed by atoms with Crippen LogP contribution in [0.5, 0.6) is 0 Å². The summed E-state index contributed by atoms with van der Waals surface area (Å²) in [7, 11) is -2.99. The fourth-order valence-electron chi connectivity index (χ4n) is 2.13. The molecule has 0 aliphatic carbocycles. The van der Waals surface area contributed by atoms with Crippen molar-refractivity contribution in [1.82, 2.24) is 5.32 Å². The molecule has 1 aliphatic heterocycles. The molecule has 1 saturated heterocycles. The lowest BCUT2D eigenvalue weighted by atomic mass is 10.2. The summed E-state index contributed by atoms with van der Waals surface area (Å²) < 4.78 is 49.3. The number of halogens is 2. The van der Waals surface area contributed by atoms with Gasteiger partial charge in [-0.05, 0) is 31.0 Å². The van der Waals surface area contributed by atoms with Crippen LogP contribution in [0.15, 0.2) is 18.2 Å². The first-order valence-electron chi connectivity index (χ1n) is 5.85. The molecule has 1 N–H and O–H groups in total. The standard InChI is InChI=1S/C12H15F2NO2S/c13-10-3-4-12(14)9(6-10)7-15-8-11-2-1-5-18(11,16)17/h3-4,6,11,15H,1-2,5,7-8H2. The number of sulfone groups is 1. The molecule has 1 aliphatic rings. The van der Waals surface area contributed by atoms with Crippen LogP contribution in [0.2, 0.25) is 0 Å². The molecule has 0 radical (unpaired) electrons. The Morgan fingerprint density at radius 1 is 1.33 bits per heavy atom. The lowest BCUT2D eigenvalue weighted by molar-refractivity contribution is 0.554. The summed E-state index contributed by atoms with van der Waals surface area (Å²) >= 11 is 0. The first-order valence-corrected chi connectivity index (χ1v) is 7.57. The second-order valence-corrected chi connectivity index (χ2v) is 6.90. The molecule has 3 nitrogen and oxygen atoms in total. The fraction of sp³-hybridized carbons (Fsp3) is 0.500. The molecular weight excluding hydrogens is 260 g/mol. The van der Waals surface area contributed by atoms with Crippen molar-refractivity contribution in [3.8, 4) is 0 Å². The number of benzene rings is 1. The zero-order chi connectivity index (χ0) is 13.2. The highest BCUT2D eigenvalue weighted by Crippen LogP contribution is 2.19. The molecule has 1 heterocycles. The molecule has 0 spiro atoms. The van der Waals surface area contributed by atoms with Crippen molar-refractivity contribution in [2.75, 3.05) is 12.3 Å². The van der Waals surface area contributed by atoms with Gasteiger partial charge in [-0.15, -0.1) is 0 Å². The van der Waals surface area contributed by atoms with E-state index >= 15 is 0 Å². The Morgan fingerprint density at radius 3 is 2.78 bits per heavy atom. The second kappa shape index (κ2) is 5.32. The Kier molecular flexibility index (Phi) is 3.97. The minimum absolute atomic E-state index is 0.135. The largest absolute Gasteiger partial charge is 0.311 e. The van der Waals surface area contributed by atoms with E-state index in [4.69, 9.17) is 0 Å². The lowest BCUT2D eigenvalue weighted by Gasteiger charge is -2.11. The van der Waals surface area contributed by atoms with Crippen molar-refractivity contribution >= 4 is 9.84 Å². The van der Waals surface area contributed by atoms with Gasteiger partial charge < -0.3 is 5.32 Å². The van der Waals surface area contributed by atoms with Gasteiger partial charge in [0, 0.05) is 18.7 Å². The molecule has 0 amide bonds. The molecule has 1 atom stereocenters. The van der Waals surface area contributed by atoms with Crippen LogP contribution >= 0.6 is 0 Å². The summed E-state index contributed by atoms with van der Waals surface area (Å²) in [5.74, 6) is -0.756. The van der Waals surface area contributed by atoms with Crippen LogP contribution in [0.3, 0.4) is 0 Å². The third kappa shape index (κ3) is 3.05. The fourth-order valence-corrected chi connectivity index (χ4v) is 3.93. The number of rotatable bonds is 4. The number of hydrogen-bond acceptors (Lipinski definition) is 3. The zero-order valence-corrected chi connectivity index (χ0v) is 10.6. The Bertz CT molecular complexity index is 531. The number of hydrogen-bond donors (Lipinski definition) is 1. The number of nitrogens with one attached hydrogen (secondary N) is 1. The summed E-state index contributed by atoms with van der Waals surface area (Å²) in [5.41, 5.74) is 0.213. The topological polar surface area (TPSA) is 46.2 Å². The zero-order valence-electron chi connectivity index (χ0n) is 9.83. The molecule has 2 rings (SSSR count). The van der Waals surface area contributed by atoms with E-state index in [-0.39, 0.29) is 24.4 Å². The summed E-state index contributed by atoms with van der Waals surface area (Å²) in [6, 6.07) is 3.24. The average molecular weight is 275 g/mol. The third-order valence-corrected chi connectivity index (χ3v) is 5.43. The Balaban J connectivity index is 1.91. The molecule has 0 saturated carbocycles. The maximum Gasteiger partial charge on any atom is 0.154 e. The summed E-state index contributed by atoms with van der Waals surface area (Å²) in [6.45, 7) is 0.425. The molecule has 18 heavy (non-hydrogen) atoms. The van der Waals surface area contributed by atoms with Crippen LogP contribution in [0, 0.1) is 11.6 Å². The van der Waals surface area contributed by atoms with Gasteiger partial charge in [0.1, 0.15) is 11.6 Å². The average Bonchev–Trinajstić information content (AvgIpc) is 2.63. The highest BCUT2D eigenvalue weighted by Gasteiger charge is 2.30.